The van der Waals surface area contributed by atoms with Gasteiger partial charge >= 0.3 is 12.1 Å². The number of phenols is 1. The lowest BCUT2D eigenvalue weighted by Crippen LogP contribution is -2.25. The molecular weight excluding hydrogens is 473 g/mol. The number of halogens is 4. The van der Waals surface area contributed by atoms with E-state index >= 15 is 0 Å². The molecule has 1 amide bonds. The fourth-order valence-electron chi connectivity index (χ4n) is 2.67. The number of aromatic carboxylic acids is 1. The number of carbonyl (C=O) groups excluding carboxylic acids is 1. The number of carboxylic acid groups (broad SMARTS) is 1. The molecule has 1 heterocycles. The molecule has 7 nitrogen and oxygen atoms in total. The summed E-state index contributed by atoms with van der Waals surface area (Å²) < 4.78 is 45.7. The Kier molecular flexibility index (Phi) is 5.57. The predicted octanol–water partition coefficient (Wildman–Crippen LogP) is 4.21. The van der Waals surface area contributed by atoms with Gasteiger partial charge in [-0.15, -0.1) is 0 Å². The number of phenolic OH excluding ortho intramolecular Hbond substituents is 1. The lowest BCUT2D eigenvalue weighted by molar-refractivity contribution is -0.114. The second kappa shape index (κ2) is 7.82. The molecule has 0 radical (unpaired) electrons. The van der Waals surface area contributed by atoms with E-state index in [1.807, 2.05) is 0 Å². The van der Waals surface area contributed by atoms with Crippen LogP contribution in [0.1, 0.15) is 15.9 Å². The minimum absolute atomic E-state index is 0.00622. The standard InChI is InChI=1S/C19H12BrF3N2O5/c1-30-14-8-9(7-13(20)15(14)26)6-12-16(19(21,22)23)24-25(17(12)27)11-4-2-10(3-5-11)18(28)29/h2-8,26H,1H3,(H,28,29)/b12-6-. The maximum Gasteiger partial charge on any atom is 0.435 e. The molecule has 0 atom stereocenters. The van der Waals surface area contributed by atoms with Gasteiger partial charge in [0, 0.05) is 0 Å². The van der Waals surface area contributed by atoms with Crippen LogP contribution in [0.3, 0.4) is 0 Å². The van der Waals surface area contributed by atoms with Crippen LogP contribution in [-0.2, 0) is 4.79 Å². The van der Waals surface area contributed by atoms with Gasteiger partial charge < -0.3 is 14.9 Å². The zero-order valence-corrected chi connectivity index (χ0v) is 16.7. The fourth-order valence-corrected chi connectivity index (χ4v) is 3.13. The van der Waals surface area contributed by atoms with E-state index in [-0.39, 0.29) is 32.8 Å². The Hall–Kier alpha value is -3.34. The molecule has 0 fully saturated rings. The molecule has 1 aliphatic heterocycles. The average Bonchev–Trinajstić information content (AvgIpc) is 3.01. The number of carbonyl (C=O) groups is 2. The average molecular weight is 485 g/mol. The molecule has 0 unspecified atom stereocenters. The van der Waals surface area contributed by atoms with Gasteiger partial charge in [0.1, 0.15) is 0 Å². The zero-order valence-electron chi connectivity index (χ0n) is 15.1. The van der Waals surface area contributed by atoms with Crippen LogP contribution in [0.5, 0.6) is 11.5 Å². The molecule has 2 aromatic rings. The molecule has 1 aliphatic rings. The van der Waals surface area contributed by atoms with Crippen LogP contribution in [0.4, 0.5) is 18.9 Å². The van der Waals surface area contributed by atoms with E-state index < -0.39 is 29.3 Å². The number of aromatic hydroxyl groups is 1. The monoisotopic (exact) mass is 484 g/mol. The summed E-state index contributed by atoms with van der Waals surface area (Å²) in [6, 6.07) is 7.24. The molecule has 0 bridgehead atoms. The summed E-state index contributed by atoms with van der Waals surface area (Å²) in [6.07, 6.45) is -3.94. The highest BCUT2D eigenvalue weighted by Gasteiger charge is 2.46. The third kappa shape index (κ3) is 4.01. The summed E-state index contributed by atoms with van der Waals surface area (Å²) in [7, 11) is 1.27. The number of ether oxygens (including phenoxy) is 1. The van der Waals surface area contributed by atoms with Gasteiger partial charge in [-0.3, -0.25) is 4.79 Å². The van der Waals surface area contributed by atoms with Crippen molar-refractivity contribution < 1.29 is 37.7 Å². The summed E-state index contributed by atoms with van der Waals surface area (Å²) >= 11 is 3.07. The Balaban J connectivity index is 2.08. The third-order valence-corrected chi connectivity index (χ3v) is 4.69. The lowest BCUT2D eigenvalue weighted by Gasteiger charge is -2.12. The minimum Gasteiger partial charge on any atom is -0.503 e. The number of nitrogens with zero attached hydrogens (tertiary/aromatic N) is 2. The van der Waals surface area contributed by atoms with E-state index in [2.05, 4.69) is 21.0 Å². The minimum atomic E-state index is -4.92. The van der Waals surface area contributed by atoms with Gasteiger partial charge in [-0.25, -0.2) is 4.79 Å². The highest BCUT2D eigenvalue weighted by Crippen LogP contribution is 2.37. The Labute approximate surface area is 175 Å². The Bertz CT molecular complexity index is 1090. The van der Waals surface area contributed by atoms with Gasteiger partial charge in [0.2, 0.25) is 0 Å². The van der Waals surface area contributed by atoms with E-state index in [4.69, 9.17) is 9.84 Å². The Morgan fingerprint density at radius 3 is 2.40 bits per heavy atom. The number of anilines is 1. The third-order valence-electron chi connectivity index (χ3n) is 4.09. The SMILES string of the molecule is COc1cc(/C=C2\C(=O)N(c3ccc(C(=O)O)cc3)N=C2C(F)(F)F)cc(Br)c1O. The molecule has 0 saturated heterocycles. The first-order valence-electron chi connectivity index (χ1n) is 8.15. The van der Waals surface area contributed by atoms with Gasteiger partial charge in [0.25, 0.3) is 5.91 Å². The van der Waals surface area contributed by atoms with E-state index in [0.29, 0.717) is 5.01 Å². The zero-order chi connectivity index (χ0) is 22.2. The van der Waals surface area contributed by atoms with E-state index in [9.17, 15) is 27.9 Å². The van der Waals surface area contributed by atoms with Crippen LogP contribution < -0.4 is 9.75 Å². The van der Waals surface area contributed by atoms with Crippen LogP contribution in [0.2, 0.25) is 0 Å². The van der Waals surface area contributed by atoms with Crippen LogP contribution in [-0.4, -0.2) is 41.1 Å². The molecule has 11 heteroatoms. The Morgan fingerprint density at radius 2 is 1.87 bits per heavy atom. The number of amides is 1. The maximum absolute atomic E-state index is 13.5. The van der Waals surface area contributed by atoms with Crippen molar-refractivity contribution in [1.82, 2.24) is 0 Å². The number of benzene rings is 2. The molecule has 156 valence electrons. The quantitative estimate of drug-likeness (QED) is 0.633. The molecule has 3 rings (SSSR count). The van der Waals surface area contributed by atoms with E-state index in [1.165, 1.54) is 31.4 Å². The first-order valence-corrected chi connectivity index (χ1v) is 8.94. The number of methoxy groups -OCH3 is 1. The highest BCUT2D eigenvalue weighted by molar-refractivity contribution is 9.10. The lowest BCUT2D eigenvalue weighted by atomic mass is 10.1. The molecule has 2 N–H and O–H groups in total. The summed E-state index contributed by atoms with van der Waals surface area (Å²) in [5, 5.41) is 22.8. The van der Waals surface area contributed by atoms with Gasteiger partial charge in [-0.1, -0.05) is 0 Å². The first-order chi connectivity index (χ1) is 14.0. The van der Waals surface area contributed by atoms with Gasteiger partial charge in [-0.05, 0) is 64.0 Å². The maximum atomic E-state index is 13.5. The first kappa shape index (κ1) is 21.4. The Morgan fingerprint density at radius 1 is 1.23 bits per heavy atom. The largest absolute Gasteiger partial charge is 0.503 e. The van der Waals surface area contributed by atoms with Gasteiger partial charge in [0.15, 0.2) is 17.2 Å². The smallest absolute Gasteiger partial charge is 0.435 e. The molecule has 0 aromatic heterocycles. The van der Waals surface area contributed by atoms with Gasteiger partial charge in [-0.2, -0.15) is 23.3 Å². The van der Waals surface area contributed by atoms with Crippen LogP contribution in [0.25, 0.3) is 6.08 Å². The van der Waals surface area contributed by atoms with Crippen LogP contribution >= 0.6 is 15.9 Å². The van der Waals surface area contributed by atoms with Crippen molar-refractivity contribution in [2.45, 2.75) is 6.18 Å². The van der Waals surface area contributed by atoms with Crippen molar-refractivity contribution in [3.8, 4) is 11.5 Å². The number of alkyl halides is 3. The summed E-state index contributed by atoms with van der Waals surface area (Å²) in [5.41, 5.74) is -2.09. The van der Waals surface area contributed by atoms with Gasteiger partial charge in [0.05, 0.1) is 28.4 Å². The molecule has 0 saturated carbocycles. The molecular formula is C19H12BrF3N2O5. The highest BCUT2D eigenvalue weighted by atomic mass is 79.9. The van der Waals surface area contributed by atoms with Crippen molar-refractivity contribution in [2.75, 3.05) is 12.1 Å². The van der Waals surface area contributed by atoms with Crippen molar-refractivity contribution in [3.05, 3.63) is 57.6 Å². The van der Waals surface area contributed by atoms with Crippen LogP contribution in [0.15, 0.2) is 51.5 Å². The second-order valence-corrected chi connectivity index (χ2v) is 6.88. The fraction of sp³-hybridized carbons (Fsp3) is 0.105. The summed E-state index contributed by atoms with van der Waals surface area (Å²) in [5.74, 6) is -2.52. The van der Waals surface area contributed by atoms with Crippen molar-refractivity contribution in [2.24, 2.45) is 5.10 Å². The number of hydrogen-bond donors (Lipinski definition) is 2. The summed E-state index contributed by atoms with van der Waals surface area (Å²) in [6.45, 7) is 0. The molecule has 2 aromatic carbocycles. The molecule has 30 heavy (non-hydrogen) atoms. The summed E-state index contributed by atoms with van der Waals surface area (Å²) in [4.78, 5) is 23.7. The number of hydrogen-bond acceptors (Lipinski definition) is 5. The molecule has 0 spiro atoms. The molecule has 0 aliphatic carbocycles. The second-order valence-electron chi connectivity index (χ2n) is 6.03. The topological polar surface area (TPSA) is 99.4 Å². The van der Waals surface area contributed by atoms with Crippen LogP contribution in [0, 0.1) is 0 Å². The van der Waals surface area contributed by atoms with Crippen molar-refractivity contribution in [1.29, 1.82) is 0 Å². The normalized spacial score (nSPS) is 15.5. The predicted molar refractivity (Wildman–Crippen MR) is 105 cm³/mol. The number of hydrazone groups is 1. The number of rotatable bonds is 4. The van der Waals surface area contributed by atoms with Crippen molar-refractivity contribution >= 4 is 45.3 Å². The van der Waals surface area contributed by atoms with E-state index in [0.717, 1.165) is 18.2 Å². The number of carboxylic acids is 1. The van der Waals surface area contributed by atoms with E-state index in [1.54, 1.807) is 0 Å². The van der Waals surface area contributed by atoms with Crippen molar-refractivity contribution in [3.63, 3.8) is 0 Å².